The van der Waals surface area contributed by atoms with E-state index in [0.717, 1.165) is 34.3 Å². The van der Waals surface area contributed by atoms with E-state index in [1.807, 2.05) is 47.1 Å². The molecule has 4 heterocycles. The fraction of sp³-hybridized carbons (Fsp3) is 0.321. The van der Waals surface area contributed by atoms with E-state index in [2.05, 4.69) is 31.3 Å². The summed E-state index contributed by atoms with van der Waals surface area (Å²) in [6, 6.07) is 14.5. The number of piperidine rings is 1. The lowest BCUT2D eigenvalue weighted by molar-refractivity contribution is -0.133. The SMILES string of the molecule is Cc1cc(C(=O)N2CCC(N3CCC(n4cc(-c5cc(Cl)cc(Cl)c5)nn4)C3=O)CC2)nn1-c1ccccc1Br. The van der Waals surface area contributed by atoms with Crippen molar-refractivity contribution in [2.24, 2.45) is 0 Å². The molecule has 0 N–H and O–H groups in total. The Morgan fingerprint density at radius 2 is 1.73 bits per heavy atom. The summed E-state index contributed by atoms with van der Waals surface area (Å²) in [6.45, 7) is 3.73. The summed E-state index contributed by atoms with van der Waals surface area (Å²) in [5.41, 5.74) is 3.55. The number of amides is 2. The molecule has 0 bridgehead atoms. The van der Waals surface area contributed by atoms with Gasteiger partial charge in [-0.1, -0.05) is 40.5 Å². The highest BCUT2D eigenvalue weighted by molar-refractivity contribution is 9.10. The zero-order valence-corrected chi connectivity index (χ0v) is 24.8. The van der Waals surface area contributed by atoms with Gasteiger partial charge in [0.2, 0.25) is 5.91 Å². The van der Waals surface area contributed by atoms with Gasteiger partial charge in [-0.3, -0.25) is 9.59 Å². The minimum atomic E-state index is -0.403. The summed E-state index contributed by atoms with van der Waals surface area (Å²) in [5, 5.41) is 14.1. The number of benzene rings is 2. The lowest BCUT2D eigenvalue weighted by Gasteiger charge is -2.36. The summed E-state index contributed by atoms with van der Waals surface area (Å²) < 4.78 is 4.32. The summed E-state index contributed by atoms with van der Waals surface area (Å²) in [5.74, 6) is -0.0533. The van der Waals surface area contributed by atoms with Crippen LogP contribution in [-0.2, 0) is 4.79 Å². The van der Waals surface area contributed by atoms with E-state index in [0.29, 0.717) is 47.5 Å². The quantitative estimate of drug-likeness (QED) is 0.283. The maximum atomic E-state index is 13.4. The number of carbonyl (C=O) groups excluding carboxylic acids is 2. The van der Waals surface area contributed by atoms with Crippen molar-refractivity contribution in [3.8, 4) is 16.9 Å². The second kappa shape index (κ2) is 11.0. The fourth-order valence-corrected chi connectivity index (χ4v) is 6.53. The van der Waals surface area contributed by atoms with Gasteiger partial charge in [-0.2, -0.15) is 5.10 Å². The van der Waals surface area contributed by atoms with Crippen LogP contribution in [0.3, 0.4) is 0 Å². The van der Waals surface area contributed by atoms with Crippen molar-refractivity contribution >= 4 is 50.9 Å². The molecule has 2 aromatic carbocycles. The first-order valence-electron chi connectivity index (χ1n) is 13.1. The minimum Gasteiger partial charge on any atom is -0.338 e. The van der Waals surface area contributed by atoms with Gasteiger partial charge >= 0.3 is 0 Å². The first-order valence-corrected chi connectivity index (χ1v) is 14.6. The molecule has 0 spiro atoms. The Labute approximate surface area is 249 Å². The van der Waals surface area contributed by atoms with Crippen molar-refractivity contribution < 1.29 is 9.59 Å². The van der Waals surface area contributed by atoms with E-state index in [4.69, 9.17) is 23.2 Å². The highest BCUT2D eigenvalue weighted by Crippen LogP contribution is 2.31. The normalized spacial score (nSPS) is 18.1. The van der Waals surface area contributed by atoms with Crippen LogP contribution in [0.4, 0.5) is 0 Å². The van der Waals surface area contributed by atoms with Crippen LogP contribution in [0.25, 0.3) is 16.9 Å². The van der Waals surface area contributed by atoms with Crippen molar-refractivity contribution in [3.05, 3.63) is 80.6 Å². The van der Waals surface area contributed by atoms with Gasteiger partial charge in [-0.25, -0.2) is 9.36 Å². The van der Waals surface area contributed by atoms with E-state index in [1.165, 1.54) is 0 Å². The molecule has 206 valence electrons. The number of aromatic nitrogens is 5. The Balaban J connectivity index is 1.09. The smallest absolute Gasteiger partial charge is 0.274 e. The van der Waals surface area contributed by atoms with Crippen LogP contribution in [-0.4, -0.2) is 72.1 Å². The largest absolute Gasteiger partial charge is 0.338 e. The van der Waals surface area contributed by atoms with Crippen molar-refractivity contribution in [3.63, 3.8) is 0 Å². The van der Waals surface area contributed by atoms with E-state index in [1.54, 1.807) is 33.8 Å². The third kappa shape index (κ3) is 5.15. The van der Waals surface area contributed by atoms with Gasteiger partial charge in [0.05, 0.1) is 11.9 Å². The number of hydrogen-bond acceptors (Lipinski definition) is 5. The fourth-order valence-electron chi connectivity index (χ4n) is 5.55. The molecule has 2 aliphatic rings. The Bertz CT molecular complexity index is 1570. The number of likely N-dealkylation sites (tertiary alicyclic amines) is 2. The van der Waals surface area contributed by atoms with Crippen LogP contribution in [0, 0.1) is 6.92 Å². The molecule has 1 unspecified atom stereocenters. The standard InChI is InChI=1S/C28H26BrCl2N7O2/c1-17-12-23(33-38(17)25-5-3-2-4-22(25)29)27(39)35-9-6-21(7-10-35)36-11-8-26(28(36)40)37-16-24(32-34-37)18-13-19(30)15-20(31)14-18/h2-5,12-16,21,26H,6-11H2,1H3. The Hall–Kier alpha value is -3.21. The Morgan fingerprint density at radius 3 is 2.45 bits per heavy atom. The monoisotopic (exact) mass is 641 g/mol. The molecule has 0 aliphatic carbocycles. The van der Waals surface area contributed by atoms with Crippen molar-refractivity contribution in [1.29, 1.82) is 0 Å². The molecule has 40 heavy (non-hydrogen) atoms. The molecule has 2 fully saturated rings. The van der Waals surface area contributed by atoms with Crippen molar-refractivity contribution in [1.82, 2.24) is 34.6 Å². The third-order valence-corrected chi connectivity index (χ3v) is 8.69. The predicted molar refractivity (Wildman–Crippen MR) is 156 cm³/mol. The first-order chi connectivity index (χ1) is 19.3. The zero-order valence-electron chi connectivity index (χ0n) is 21.7. The number of carbonyl (C=O) groups is 2. The number of hydrogen-bond donors (Lipinski definition) is 0. The maximum absolute atomic E-state index is 13.4. The first kappa shape index (κ1) is 27.0. The van der Waals surface area contributed by atoms with Gasteiger partial charge in [0.25, 0.3) is 5.91 Å². The topological polar surface area (TPSA) is 89.2 Å². The lowest BCUT2D eigenvalue weighted by Crippen LogP contribution is -2.47. The number of aryl methyl sites for hydroxylation is 1. The van der Waals surface area contributed by atoms with E-state index in [-0.39, 0.29) is 17.9 Å². The molecule has 2 saturated heterocycles. The summed E-state index contributed by atoms with van der Waals surface area (Å²) in [4.78, 5) is 30.5. The predicted octanol–water partition coefficient (Wildman–Crippen LogP) is 5.59. The highest BCUT2D eigenvalue weighted by Gasteiger charge is 2.39. The second-order valence-corrected chi connectivity index (χ2v) is 11.9. The molecular weight excluding hydrogens is 617 g/mol. The molecule has 2 amide bonds. The molecule has 2 aromatic heterocycles. The molecule has 0 saturated carbocycles. The average Bonchev–Trinajstić information content (AvgIpc) is 3.67. The average molecular weight is 643 g/mol. The van der Waals surface area contributed by atoms with Crippen LogP contribution in [0.15, 0.2) is 59.2 Å². The summed E-state index contributed by atoms with van der Waals surface area (Å²) in [6.07, 6.45) is 3.86. The van der Waals surface area contributed by atoms with Crippen LogP contribution < -0.4 is 0 Å². The molecule has 2 aliphatic heterocycles. The van der Waals surface area contributed by atoms with E-state index in [9.17, 15) is 9.59 Å². The molecule has 9 nitrogen and oxygen atoms in total. The van der Waals surface area contributed by atoms with Crippen molar-refractivity contribution in [2.45, 2.75) is 38.3 Å². The Kier molecular flexibility index (Phi) is 7.41. The molecule has 6 rings (SSSR count). The van der Waals surface area contributed by atoms with Crippen LogP contribution in [0.5, 0.6) is 0 Å². The molecule has 0 radical (unpaired) electrons. The second-order valence-electron chi connectivity index (χ2n) is 10.1. The summed E-state index contributed by atoms with van der Waals surface area (Å²) in [7, 11) is 0. The van der Waals surface area contributed by atoms with E-state index < -0.39 is 6.04 Å². The number of para-hydroxylation sites is 1. The van der Waals surface area contributed by atoms with Gasteiger partial charge in [0.1, 0.15) is 11.7 Å². The van der Waals surface area contributed by atoms with Gasteiger partial charge in [0.15, 0.2) is 5.69 Å². The van der Waals surface area contributed by atoms with Crippen LogP contribution >= 0.6 is 39.1 Å². The highest BCUT2D eigenvalue weighted by atomic mass is 79.9. The van der Waals surface area contributed by atoms with Gasteiger partial charge in [0, 0.05) is 51.5 Å². The number of halogens is 3. The van der Waals surface area contributed by atoms with Crippen LogP contribution in [0.2, 0.25) is 10.0 Å². The van der Waals surface area contributed by atoms with Gasteiger partial charge in [-0.15, -0.1) is 5.10 Å². The summed E-state index contributed by atoms with van der Waals surface area (Å²) >= 11 is 15.8. The zero-order chi connectivity index (χ0) is 28.0. The van der Waals surface area contributed by atoms with Crippen LogP contribution in [0.1, 0.15) is 41.5 Å². The molecule has 4 aromatic rings. The van der Waals surface area contributed by atoms with Crippen molar-refractivity contribution in [2.75, 3.05) is 19.6 Å². The number of nitrogens with zero attached hydrogens (tertiary/aromatic N) is 7. The number of rotatable bonds is 5. The van der Waals surface area contributed by atoms with Gasteiger partial charge in [-0.05, 0) is 78.5 Å². The third-order valence-electron chi connectivity index (χ3n) is 7.58. The Morgan fingerprint density at radius 1 is 1.00 bits per heavy atom. The molecule has 1 atom stereocenters. The maximum Gasteiger partial charge on any atom is 0.274 e. The van der Waals surface area contributed by atoms with E-state index >= 15 is 0 Å². The lowest BCUT2D eigenvalue weighted by atomic mass is 10.0. The molecular formula is C28H26BrCl2N7O2. The minimum absolute atomic E-state index is 0.0353. The molecule has 12 heteroatoms. The van der Waals surface area contributed by atoms with Gasteiger partial charge < -0.3 is 9.80 Å².